The van der Waals surface area contributed by atoms with Gasteiger partial charge in [-0.15, -0.1) is 0 Å². The Bertz CT molecular complexity index is 431. The highest BCUT2D eigenvalue weighted by atomic mass is 19.1. The van der Waals surface area contributed by atoms with Crippen molar-refractivity contribution in [1.82, 2.24) is 5.32 Å². The third kappa shape index (κ3) is 2.56. The maximum atomic E-state index is 13.8. The molecule has 1 heterocycles. The molecular formula is C13H17F2NO2. The van der Waals surface area contributed by atoms with Crippen molar-refractivity contribution in [3.63, 3.8) is 0 Å². The second-order valence-electron chi connectivity index (χ2n) is 4.57. The van der Waals surface area contributed by atoms with Crippen LogP contribution in [0, 0.1) is 11.6 Å². The van der Waals surface area contributed by atoms with Crippen molar-refractivity contribution in [3.05, 3.63) is 23.3 Å². The number of halogens is 2. The first-order valence-electron chi connectivity index (χ1n) is 6.10. The van der Waals surface area contributed by atoms with Crippen LogP contribution in [0.1, 0.15) is 24.8 Å². The van der Waals surface area contributed by atoms with Crippen molar-refractivity contribution in [2.24, 2.45) is 0 Å². The highest BCUT2D eigenvalue weighted by molar-refractivity contribution is 5.41. The van der Waals surface area contributed by atoms with Crippen molar-refractivity contribution in [3.8, 4) is 11.5 Å². The fourth-order valence-corrected chi connectivity index (χ4v) is 2.31. The molecule has 2 N–H and O–H groups in total. The highest BCUT2D eigenvalue weighted by Crippen LogP contribution is 2.32. The smallest absolute Gasteiger partial charge is 0.209 e. The molecule has 1 atom stereocenters. The summed E-state index contributed by atoms with van der Waals surface area (Å²) in [5.41, 5.74) is 0.283. The van der Waals surface area contributed by atoms with Gasteiger partial charge in [0, 0.05) is 6.04 Å². The summed E-state index contributed by atoms with van der Waals surface area (Å²) >= 11 is 0. The van der Waals surface area contributed by atoms with E-state index in [0.29, 0.717) is 6.42 Å². The van der Waals surface area contributed by atoms with Gasteiger partial charge >= 0.3 is 0 Å². The lowest BCUT2D eigenvalue weighted by atomic mass is 9.97. The number of phenols is 1. The van der Waals surface area contributed by atoms with Crippen LogP contribution in [0.15, 0.2) is 6.07 Å². The molecule has 3 nitrogen and oxygen atoms in total. The van der Waals surface area contributed by atoms with Gasteiger partial charge in [-0.2, -0.15) is 4.39 Å². The Morgan fingerprint density at radius 1 is 1.39 bits per heavy atom. The third-order valence-electron chi connectivity index (χ3n) is 3.32. The largest absolute Gasteiger partial charge is 0.503 e. The average Bonchev–Trinajstić information content (AvgIpc) is 2.40. The van der Waals surface area contributed by atoms with Crippen LogP contribution in [-0.2, 0) is 6.42 Å². The van der Waals surface area contributed by atoms with Crippen molar-refractivity contribution in [1.29, 1.82) is 0 Å². The molecule has 1 aliphatic heterocycles. The van der Waals surface area contributed by atoms with Crippen molar-refractivity contribution in [2.45, 2.75) is 31.7 Å². The van der Waals surface area contributed by atoms with E-state index in [9.17, 15) is 13.9 Å². The first kappa shape index (κ1) is 13.1. The van der Waals surface area contributed by atoms with E-state index >= 15 is 0 Å². The van der Waals surface area contributed by atoms with Gasteiger partial charge in [0.1, 0.15) is 0 Å². The summed E-state index contributed by atoms with van der Waals surface area (Å²) in [4.78, 5) is 0. The summed E-state index contributed by atoms with van der Waals surface area (Å²) in [7, 11) is 1.29. The molecule has 0 aromatic heterocycles. The number of benzene rings is 1. The maximum Gasteiger partial charge on any atom is 0.209 e. The van der Waals surface area contributed by atoms with E-state index in [2.05, 4.69) is 5.32 Å². The van der Waals surface area contributed by atoms with Crippen LogP contribution in [0.4, 0.5) is 8.78 Å². The normalized spacial score (nSPS) is 19.8. The highest BCUT2D eigenvalue weighted by Gasteiger charge is 2.21. The molecule has 1 aromatic rings. The van der Waals surface area contributed by atoms with E-state index in [0.717, 1.165) is 25.8 Å². The SMILES string of the molecule is COc1cc(CC2CCCCN2)c(F)c(O)c1F. The monoisotopic (exact) mass is 257 g/mol. The Hall–Kier alpha value is -1.36. The van der Waals surface area contributed by atoms with E-state index in [-0.39, 0.29) is 17.4 Å². The van der Waals surface area contributed by atoms with Crippen molar-refractivity contribution >= 4 is 0 Å². The van der Waals surface area contributed by atoms with Gasteiger partial charge < -0.3 is 15.2 Å². The quantitative estimate of drug-likeness (QED) is 0.873. The van der Waals surface area contributed by atoms with Crippen LogP contribution in [0.25, 0.3) is 0 Å². The van der Waals surface area contributed by atoms with Crippen molar-refractivity contribution < 1.29 is 18.6 Å². The van der Waals surface area contributed by atoms with Gasteiger partial charge in [-0.25, -0.2) is 4.39 Å². The minimum atomic E-state index is -1.05. The van der Waals surface area contributed by atoms with E-state index in [1.54, 1.807) is 0 Å². The Labute approximate surface area is 105 Å². The molecule has 1 unspecified atom stereocenters. The number of hydrogen-bond acceptors (Lipinski definition) is 3. The molecule has 2 rings (SSSR count). The van der Waals surface area contributed by atoms with E-state index in [1.807, 2.05) is 0 Å². The Morgan fingerprint density at radius 3 is 2.78 bits per heavy atom. The van der Waals surface area contributed by atoms with E-state index < -0.39 is 17.4 Å². The minimum absolute atomic E-state index is 0.125. The van der Waals surface area contributed by atoms with Gasteiger partial charge in [0.25, 0.3) is 0 Å². The summed E-state index contributed by atoms with van der Waals surface area (Å²) in [6.07, 6.45) is 3.61. The molecule has 0 saturated carbocycles. The van der Waals surface area contributed by atoms with Crippen LogP contribution in [-0.4, -0.2) is 24.8 Å². The van der Waals surface area contributed by atoms with Gasteiger partial charge in [0.2, 0.25) is 5.82 Å². The summed E-state index contributed by atoms with van der Waals surface area (Å²) < 4.78 is 31.9. The zero-order valence-corrected chi connectivity index (χ0v) is 10.3. The lowest BCUT2D eigenvalue weighted by molar-refractivity contribution is 0.343. The predicted molar refractivity (Wildman–Crippen MR) is 63.9 cm³/mol. The van der Waals surface area contributed by atoms with Gasteiger partial charge in [-0.3, -0.25) is 0 Å². The zero-order chi connectivity index (χ0) is 13.1. The number of piperidine rings is 1. The second-order valence-corrected chi connectivity index (χ2v) is 4.57. The minimum Gasteiger partial charge on any atom is -0.503 e. The average molecular weight is 257 g/mol. The van der Waals surface area contributed by atoms with E-state index in [1.165, 1.54) is 13.2 Å². The standard InChI is InChI=1S/C13H17F2NO2/c1-18-10-7-8(11(14)13(17)12(10)15)6-9-4-2-3-5-16-9/h7,9,16-17H,2-6H2,1H3. The number of phenolic OH excluding ortho intramolecular Hbond substituents is 1. The first-order valence-corrected chi connectivity index (χ1v) is 6.10. The second kappa shape index (κ2) is 5.52. The van der Waals surface area contributed by atoms with Gasteiger partial charge in [0.05, 0.1) is 7.11 Å². The molecule has 18 heavy (non-hydrogen) atoms. The molecule has 1 aromatic carbocycles. The molecule has 5 heteroatoms. The van der Waals surface area contributed by atoms with E-state index in [4.69, 9.17) is 4.74 Å². The third-order valence-corrected chi connectivity index (χ3v) is 3.32. The van der Waals surface area contributed by atoms with Crippen LogP contribution >= 0.6 is 0 Å². The number of hydrogen-bond donors (Lipinski definition) is 2. The maximum absolute atomic E-state index is 13.8. The molecule has 0 aliphatic carbocycles. The lowest BCUT2D eigenvalue weighted by Gasteiger charge is -2.24. The Balaban J connectivity index is 2.23. The number of ether oxygens (including phenoxy) is 1. The number of aromatic hydroxyl groups is 1. The molecule has 0 radical (unpaired) electrons. The summed E-state index contributed by atoms with van der Waals surface area (Å²) in [6.45, 7) is 0.913. The summed E-state index contributed by atoms with van der Waals surface area (Å²) in [5, 5.41) is 12.7. The fourth-order valence-electron chi connectivity index (χ4n) is 2.31. The van der Waals surface area contributed by atoms with Crippen LogP contribution < -0.4 is 10.1 Å². The molecule has 100 valence electrons. The van der Waals surface area contributed by atoms with Crippen LogP contribution in [0.2, 0.25) is 0 Å². The van der Waals surface area contributed by atoms with Gasteiger partial charge in [-0.05, 0) is 37.4 Å². The van der Waals surface area contributed by atoms with Crippen molar-refractivity contribution in [2.75, 3.05) is 13.7 Å². The molecule has 0 amide bonds. The predicted octanol–water partition coefficient (Wildman–Crippen LogP) is 2.36. The first-order chi connectivity index (χ1) is 8.63. The summed E-state index contributed by atoms with van der Waals surface area (Å²) in [6, 6.07) is 1.49. The lowest BCUT2D eigenvalue weighted by Crippen LogP contribution is -2.35. The Kier molecular flexibility index (Phi) is 4.01. The molecular weight excluding hydrogens is 240 g/mol. The number of methoxy groups -OCH3 is 1. The summed E-state index contributed by atoms with van der Waals surface area (Å²) in [5.74, 6) is -3.02. The number of rotatable bonds is 3. The number of nitrogens with one attached hydrogen (secondary N) is 1. The topological polar surface area (TPSA) is 41.5 Å². The molecule has 1 saturated heterocycles. The molecule has 0 bridgehead atoms. The molecule has 1 aliphatic rings. The molecule has 0 spiro atoms. The van der Waals surface area contributed by atoms with Crippen LogP contribution in [0.3, 0.4) is 0 Å². The van der Waals surface area contributed by atoms with Gasteiger partial charge in [-0.1, -0.05) is 6.42 Å². The molecule has 1 fully saturated rings. The fraction of sp³-hybridized carbons (Fsp3) is 0.538. The van der Waals surface area contributed by atoms with Crippen LogP contribution in [0.5, 0.6) is 11.5 Å². The Morgan fingerprint density at radius 2 is 2.17 bits per heavy atom. The zero-order valence-electron chi connectivity index (χ0n) is 10.3. The van der Waals surface area contributed by atoms with Gasteiger partial charge in [0.15, 0.2) is 17.3 Å².